The van der Waals surface area contributed by atoms with Crippen LogP contribution < -0.4 is 0 Å². The van der Waals surface area contributed by atoms with Crippen LogP contribution in [0.15, 0.2) is 24.3 Å². The second kappa shape index (κ2) is 4.54. The summed E-state index contributed by atoms with van der Waals surface area (Å²) in [6, 6.07) is 9.58. The van der Waals surface area contributed by atoms with Crippen molar-refractivity contribution in [3.63, 3.8) is 0 Å². The molecule has 82 valence electrons. The molecule has 0 aliphatic carbocycles. The van der Waals surface area contributed by atoms with Crippen molar-refractivity contribution in [2.24, 2.45) is 5.92 Å². The summed E-state index contributed by atoms with van der Waals surface area (Å²) in [6.07, 6.45) is 0.334. The van der Waals surface area contributed by atoms with Crippen molar-refractivity contribution >= 4 is 17.5 Å². The molecule has 1 aliphatic heterocycles. The van der Waals surface area contributed by atoms with Crippen LogP contribution in [0.3, 0.4) is 0 Å². The van der Waals surface area contributed by atoms with Gasteiger partial charge in [0.05, 0.1) is 12.0 Å². The molecule has 1 atom stereocenters. The highest BCUT2D eigenvalue weighted by Crippen LogP contribution is 2.22. The van der Waals surface area contributed by atoms with Gasteiger partial charge >= 0.3 is 0 Å². The average Bonchev–Trinajstić information content (AvgIpc) is 2.63. The van der Waals surface area contributed by atoms with Crippen LogP contribution >= 0.6 is 11.6 Å². The van der Waals surface area contributed by atoms with E-state index in [-0.39, 0.29) is 11.8 Å². The monoisotopic (exact) mass is 234 g/mol. The molecule has 0 saturated carbocycles. The average molecular weight is 235 g/mol. The van der Waals surface area contributed by atoms with Crippen molar-refractivity contribution in [3.8, 4) is 6.07 Å². The lowest BCUT2D eigenvalue weighted by atomic mass is 10.1. The molecular weight excluding hydrogens is 224 g/mol. The number of benzene rings is 1. The van der Waals surface area contributed by atoms with E-state index in [1.165, 1.54) is 0 Å². The van der Waals surface area contributed by atoms with Crippen molar-refractivity contribution < 1.29 is 4.79 Å². The van der Waals surface area contributed by atoms with E-state index in [1.807, 2.05) is 18.2 Å². The first kappa shape index (κ1) is 11.0. The predicted octanol–water partition coefficient (Wildman–Crippen LogP) is 2.21. The van der Waals surface area contributed by atoms with Gasteiger partial charge in [0, 0.05) is 24.5 Å². The van der Waals surface area contributed by atoms with Crippen LogP contribution in [0.1, 0.15) is 12.0 Å². The fourth-order valence-electron chi connectivity index (χ4n) is 1.84. The fraction of sp³-hybridized carbons (Fsp3) is 0.333. The molecule has 0 N–H and O–H groups in total. The van der Waals surface area contributed by atoms with Crippen molar-refractivity contribution in [3.05, 3.63) is 34.9 Å². The summed E-state index contributed by atoms with van der Waals surface area (Å²) in [4.78, 5) is 13.3. The molecule has 1 saturated heterocycles. The third-order valence-electron chi connectivity index (χ3n) is 2.72. The van der Waals surface area contributed by atoms with Crippen LogP contribution in [-0.4, -0.2) is 17.4 Å². The quantitative estimate of drug-likeness (QED) is 0.788. The van der Waals surface area contributed by atoms with Gasteiger partial charge in [0.1, 0.15) is 0 Å². The van der Waals surface area contributed by atoms with Crippen LogP contribution in [0.2, 0.25) is 5.02 Å². The second-order valence-electron chi connectivity index (χ2n) is 3.90. The highest BCUT2D eigenvalue weighted by molar-refractivity contribution is 6.31. The van der Waals surface area contributed by atoms with Gasteiger partial charge in [-0.25, -0.2) is 0 Å². The minimum absolute atomic E-state index is 0.0338. The van der Waals surface area contributed by atoms with E-state index in [0.717, 1.165) is 5.56 Å². The first-order chi connectivity index (χ1) is 7.70. The molecule has 0 spiro atoms. The van der Waals surface area contributed by atoms with Crippen LogP contribution in [0.4, 0.5) is 0 Å². The maximum atomic E-state index is 11.6. The molecular formula is C12H11ClN2O. The van der Waals surface area contributed by atoms with Crippen LogP contribution in [0.5, 0.6) is 0 Å². The number of rotatable bonds is 2. The molecule has 1 aromatic carbocycles. The molecule has 1 aromatic rings. The van der Waals surface area contributed by atoms with Crippen LogP contribution in [0, 0.1) is 17.2 Å². The lowest BCUT2D eigenvalue weighted by Gasteiger charge is -2.16. The zero-order valence-corrected chi connectivity index (χ0v) is 9.44. The Kier molecular flexibility index (Phi) is 3.12. The normalized spacial score (nSPS) is 19.9. The van der Waals surface area contributed by atoms with Crippen LogP contribution in [-0.2, 0) is 11.3 Å². The fourth-order valence-corrected chi connectivity index (χ4v) is 2.04. The first-order valence-corrected chi connectivity index (χ1v) is 5.49. The molecule has 1 fully saturated rings. The van der Waals surface area contributed by atoms with Crippen molar-refractivity contribution in [2.45, 2.75) is 13.0 Å². The number of halogens is 1. The Hall–Kier alpha value is -1.53. The second-order valence-corrected chi connectivity index (χ2v) is 4.30. The Morgan fingerprint density at radius 2 is 2.25 bits per heavy atom. The lowest BCUT2D eigenvalue weighted by Crippen LogP contribution is -2.24. The highest BCUT2D eigenvalue weighted by atomic mass is 35.5. The van der Waals surface area contributed by atoms with Gasteiger partial charge in [-0.3, -0.25) is 4.79 Å². The maximum absolute atomic E-state index is 11.6. The maximum Gasteiger partial charge on any atom is 0.224 e. The topological polar surface area (TPSA) is 44.1 Å². The Morgan fingerprint density at radius 1 is 1.50 bits per heavy atom. The molecule has 0 radical (unpaired) electrons. The van der Waals surface area contributed by atoms with Gasteiger partial charge in [0.25, 0.3) is 0 Å². The molecule has 1 unspecified atom stereocenters. The number of hydrogen-bond donors (Lipinski definition) is 0. The van der Waals surface area contributed by atoms with Crippen molar-refractivity contribution in [1.82, 2.24) is 4.90 Å². The van der Waals surface area contributed by atoms with E-state index >= 15 is 0 Å². The van der Waals surface area contributed by atoms with Gasteiger partial charge in [0.15, 0.2) is 0 Å². The van der Waals surface area contributed by atoms with Gasteiger partial charge in [-0.2, -0.15) is 5.26 Å². The number of hydrogen-bond acceptors (Lipinski definition) is 2. The van der Waals surface area contributed by atoms with Gasteiger partial charge in [0.2, 0.25) is 5.91 Å². The number of amides is 1. The smallest absolute Gasteiger partial charge is 0.224 e. The third kappa shape index (κ3) is 2.17. The molecule has 2 rings (SSSR count). The van der Waals surface area contributed by atoms with Crippen molar-refractivity contribution in [2.75, 3.05) is 6.54 Å². The number of likely N-dealkylation sites (tertiary alicyclic amines) is 1. The van der Waals surface area contributed by atoms with E-state index in [2.05, 4.69) is 6.07 Å². The van der Waals surface area contributed by atoms with Gasteiger partial charge < -0.3 is 4.90 Å². The predicted molar refractivity (Wildman–Crippen MR) is 60.6 cm³/mol. The molecule has 16 heavy (non-hydrogen) atoms. The van der Waals surface area contributed by atoms with Crippen molar-refractivity contribution in [1.29, 1.82) is 5.26 Å². The molecule has 3 nitrogen and oxygen atoms in total. The summed E-state index contributed by atoms with van der Waals surface area (Å²) in [6.45, 7) is 1.01. The number of nitriles is 1. The molecule has 1 heterocycles. The Balaban J connectivity index is 2.09. The summed E-state index contributed by atoms with van der Waals surface area (Å²) >= 11 is 6.02. The van der Waals surface area contributed by atoms with E-state index in [9.17, 15) is 4.79 Å². The van der Waals surface area contributed by atoms with E-state index in [1.54, 1.807) is 11.0 Å². The highest BCUT2D eigenvalue weighted by Gasteiger charge is 2.29. The van der Waals surface area contributed by atoms with E-state index in [0.29, 0.717) is 24.5 Å². The Morgan fingerprint density at radius 3 is 2.88 bits per heavy atom. The molecule has 1 amide bonds. The molecule has 4 heteroatoms. The van der Waals surface area contributed by atoms with E-state index < -0.39 is 0 Å². The molecule has 0 aromatic heterocycles. The van der Waals surface area contributed by atoms with Gasteiger partial charge in [-0.1, -0.05) is 29.8 Å². The molecule has 0 bridgehead atoms. The minimum atomic E-state index is -0.171. The largest absolute Gasteiger partial charge is 0.337 e. The summed E-state index contributed by atoms with van der Waals surface area (Å²) in [7, 11) is 0. The molecule has 1 aliphatic rings. The van der Waals surface area contributed by atoms with Crippen LogP contribution in [0.25, 0.3) is 0 Å². The zero-order chi connectivity index (χ0) is 11.5. The zero-order valence-electron chi connectivity index (χ0n) is 8.69. The minimum Gasteiger partial charge on any atom is -0.337 e. The SMILES string of the molecule is N#CC1CC(=O)N(Cc2ccccc2Cl)C1. The summed E-state index contributed by atoms with van der Waals surface area (Å²) < 4.78 is 0. The van der Waals surface area contributed by atoms with E-state index in [4.69, 9.17) is 16.9 Å². The number of nitrogens with zero attached hydrogens (tertiary/aromatic N) is 2. The van der Waals surface area contributed by atoms with Gasteiger partial charge in [-0.05, 0) is 11.6 Å². The summed E-state index contributed by atoms with van der Waals surface area (Å²) in [5.41, 5.74) is 0.927. The summed E-state index contributed by atoms with van der Waals surface area (Å²) in [5, 5.41) is 9.43. The van der Waals surface area contributed by atoms with Gasteiger partial charge in [-0.15, -0.1) is 0 Å². The first-order valence-electron chi connectivity index (χ1n) is 5.11. The Bertz CT molecular complexity index is 453. The number of carbonyl (C=O) groups excluding carboxylic acids is 1. The number of carbonyl (C=O) groups is 1. The standard InChI is InChI=1S/C12H11ClN2O/c13-11-4-2-1-3-10(11)8-15-7-9(6-14)5-12(15)16/h1-4,9H,5,7-8H2. The summed E-state index contributed by atoms with van der Waals surface area (Å²) in [5.74, 6) is -0.138. The third-order valence-corrected chi connectivity index (χ3v) is 3.08. The lowest BCUT2D eigenvalue weighted by molar-refractivity contribution is -0.128. The Labute approximate surface area is 99.2 Å².